The van der Waals surface area contributed by atoms with Gasteiger partial charge in [-0.05, 0) is 55.9 Å². The first-order valence-electron chi connectivity index (χ1n) is 8.07. The van der Waals surface area contributed by atoms with Gasteiger partial charge in [-0.15, -0.1) is 0 Å². The molecule has 0 heterocycles. The fraction of sp³-hybridized carbons (Fsp3) is 0.556. The van der Waals surface area contributed by atoms with Crippen molar-refractivity contribution in [3.63, 3.8) is 0 Å². The molecule has 0 saturated heterocycles. The third-order valence-electron chi connectivity index (χ3n) is 4.37. The molecule has 1 amide bonds. The third kappa shape index (κ3) is 4.86. The topological polar surface area (TPSA) is 55.4 Å². The number of benzene rings is 1. The van der Waals surface area contributed by atoms with E-state index in [9.17, 15) is 9.59 Å². The molecule has 2 rings (SSSR count). The molecule has 1 saturated carbocycles. The van der Waals surface area contributed by atoms with Gasteiger partial charge in [0.1, 0.15) is 6.54 Å². The van der Waals surface area contributed by atoms with Crippen molar-refractivity contribution in [3.05, 3.63) is 34.9 Å². The summed E-state index contributed by atoms with van der Waals surface area (Å²) >= 11 is 0. The number of rotatable bonds is 5. The normalized spacial score (nSPS) is 15.4. The summed E-state index contributed by atoms with van der Waals surface area (Å²) in [5.74, 6) is -0.103. The van der Waals surface area contributed by atoms with Gasteiger partial charge >= 0.3 is 5.97 Å². The van der Waals surface area contributed by atoms with Gasteiger partial charge in [-0.3, -0.25) is 9.59 Å². The fourth-order valence-electron chi connectivity index (χ4n) is 2.75. The quantitative estimate of drug-likeness (QED) is 0.850. The van der Waals surface area contributed by atoms with E-state index in [4.69, 9.17) is 4.74 Å². The van der Waals surface area contributed by atoms with E-state index in [0.29, 0.717) is 18.1 Å². The van der Waals surface area contributed by atoms with Gasteiger partial charge in [-0.1, -0.05) is 25.3 Å². The van der Waals surface area contributed by atoms with Crippen LogP contribution < -0.4 is 5.32 Å². The first kappa shape index (κ1) is 16.5. The zero-order valence-corrected chi connectivity index (χ0v) is 13.5. The van der Waals surface area contributed by atoms with E-state index in [-0.39, 0.29) is 18.4 Å². The molecule has 4 heteroatoms. The molecule has 4 nitrogen and oxygen atoms in total. The standard InChI is InChI=1S/C18H25NO3/c1-13-8-9-16(10-14(13)2)18(21)19-11-17(20)22-12-15-6-4-3-5-7-15/h8-10,15H,3-7,11-12H2,1-2H3,(H,19,21). The minimum absolute atomic E-state index is 0.0710. The van der Waals surface area contributed by atoms with Crippen LogP contribution in [0.4, 0.5) is 0 Å². The lowest BCUT2D eigenvalue weighted by atomic mass is 9.90. The van der Waals surface area contributed by atoms with Crippen LogP contribution in [0.25, 0.3) is 0 Å². The number of nitrogens with one attached hydrogen (secondary N) is 1. The maximum Gasteiger partial charge on any atom is 0.325 e. The van der Waals surface area contributed by atoms with Crippen LogP contribution in [0, 0.1) is 19.8 Å². The Morgan fingerprint density at radius 1 is 1.14 bits per heavy atom. The Morgan fingerprint density at radius 3 is 2.55 bits per heavy atom. The van der Waals surface area contributed by atoms with Crippen molar-refractivity contribution in [1.82, 2.24) is 5.32 Å². The maximum absolute atomic E-state index is 12.0. The number of esters is 1. The van der Waals surface area contributed by atoms with Gasteiger partial charge in [-0.2, -0.15) is 0 Å². The van der Waals surface area contributed by atoms with Crippen LogP contribution in [-0.2, 0) is 9.53 Å². The molecule has 1 aromatic rings. The van der Waals surface area contributed by atoms with Crippen LogP contribution >= 0.6 is 0 Å². The Bertz CT molecular complexity index is 533. The van der Waals surface area contributed by atoms with Gasteiger partial charge in [0.2, 0.25) is 0 Å². The Kier molecular flexibility index (Phi) is 5.99. The van der Waals surface area contributed by atoms with Crippen LogP contribution in [-0.4, -0.2) is 25.0 Å². The van der Waals surface area contributed by atoms with E-state index in [1.807, 2.05) is 26.0 Å². The molecule has 0 aromatic heterocycles. The summed E-state index contributed by atoms with van der Waals surface area (Å²) in [6.45, 7) is 4.38. The zero-order chi connectivity index (χ0) is 15.9. The van der Waals surface area contributed by atoms with Crippen molar-refractivity contribution in [3.8, 4) is 0 Å². The Balaban J connectivity index is 1.73. The van der Waals surface area contributed by atoms with Gasteiger partial charge in [0.05, 0.1) is 6.61 Å². The molecule has 1 aromatic carbocycles. The molecule has 1 N–H and O–H groups in total. The third-order valence-corrected chi connectivity index (χ3v) is 4.37. The van der Waals surface area contributed by atoms with Gasteiger partial charge in [0.25, 0.3) is 5.91 Å². The summed E-state index contributed by atoms with van der Waals surface area (Å²) < 4.78 is 5.26. The second-order valence-corrected chi connectivity index (χ2v) is 6.17. The summed E-state index contributed by atoms with van der Waals surface area (Å²) in [6.07, 6.45) is 6.03. The summed E-state index contributed by atoms with van der Waals surface area (Å²) in [7, 11) is 0. The van der Waals surface area contributed by atoms with Crippen molar-refractivity contribution in [1.29, 1.82) is 0 Å². The van der Waals surface area contributed by atoms with Crippen molar-refractivity contribution in [2.75, 3.05) is 13.2 Å². The van der Waals surface area contributed by atoms with E-state index < -0.39 is 0 Å². The summed E-state index contributed by atoms with van der Waals surface area (Å²) in [4.78, 5) is 23.7. The van der Waals surface area contributed by atoms with Crippen molar-refractivity contribution >= 4 is 11.9 Å². The SMILES string of the molecule is Cc1ccc(C(=O)NCC(=O)OCC2CCCCC2)cc1C. The fourth-order valence-corrected chi connectivity index (χ4v) is 2.75. The number of carbonyl (C=O) groups is 2. The molecule has 0 aliphatic heterocycles. The zero-order valence-electron chi connectivity index (χ0n) is 13.5. The van der Waals surface area contributed by atoms with Crippen LogP contribution in [0.5, 0.6) is 0 Å². The largest absolute Gasteiger partial charge is 0.464 e. The lowest BCUT2D eigenvalue weighted by Gasteiger charge is -2.21. The second-order valence-electron chi connectivity index (χ2n) is 6.17. The summed E-state index contributed by atoms with van der Waals surface area (Å²) in [5.41, 5.74) is 2.78. The number of amides is 1. The Labute approximate surface area is 132 Å². The van der Waals surface area contributed by atoms with E-state index in [1.54, 1.807) is 6.07 Å². The molecule has 1 aliphatic rings. The minimum atomic E-state index is -0.359. The van der Waals surface area contributed by atoms with Crippen LogP contribution in [0.1, 0.15) is 53.6 Å². The van der Waals surface area contributed by atoms with Crippen LogP contribution in [0.3, 0.4) is 0 Å². The van der Waals surface area contributed by atoms with Crippen LogP contribution in [0.2, 0.25) is 0 Å². The van der Waals surface area contributed by atoms with Crippen LogP contribution in [0.15, 0.2) is 18.2 Å². The molecule has 0 bridgehead atoms. The average Bonchev–Trinajstić information content (AvgIpc) is 2.54. The van der Waals surface area contributed by atoms with Crippen molar-refractivity contribution in [2.45, 2.75) is 46.0 Å². The second kappa shape index (κ2) is 7.97. The lowest BCUT2D eigenvalue weighted by Crippen LogP contribution is -2.31. The van der Waals surface area contributed by atoms with E-state index in [0.717, 1.165) is 24.0 Å². The molecule has 0 spiro atoms. The molecule has 0 radical (unpaired) electrons. The lowest BCUT2D eigenvalue weighted by molar-refractivity contribution is -0.144. The summed E-state index contributed by atoms with van der Waals surface area (Å²) in [5, 5.41) is 2.62. The predicted octanol–water partition coefficient (Wildman–Crippen LogP) is 3.16. The number of aryl methyl sites for hydroxylation is 2. The van der Waals surface area contributed by atoms with Gasteiger partial charge < -0.3 is 10.1 Å². The number of hydrogen-bond acceptors (Lipinski definition) is 3. The molecule has 22 heavy (non-hydrogen) atoms. The van der Waals surface area contributed by atoms with Gasteiger partial charge in [0.15, 0.2) is 0 Å². The highest BCUT2D eigenvalue weighted by Crippen LogP contribution is 2.23. The Morgan fingerprint density at radius 2 is 1.86 bits per heavy atom. The van der Waals surface area contributed by atoms with Gasteiger partial charge in [0, 0.05) is 5.56 Å². The highest BCUT2D eigenvalue weighted by Gasteiger charge is 2.16. The average molecular weight is 303 g/mol. The maximum atomic E-state index is 12.0. The molecule has 120 valence electrons. The van der Waals surface area contributed by atoms with Crippen molar-refractivity contribution < 1.29 is 14.3 Å². The van der Waals surface area contributed by atoms with Gasteiger partial charge in [-0.25, -0.2) is 0 Å². The predicted molar refractivity (Wildman–Crippen MR) is 85.8 cm³/mol. The molecular formula is C18H25NO3. The minimum Gasteiger partial charge on any atom is -0.464 e. The Hall–Kier alpha value is -1.84. The number of ether oxygens (including phenoxy) is 1. The first-order chi connectivity index (χ1) is 10.6. The molecular weight excluding hydrogens is 278 g/mol. The highest BCUT2D eigenvalue weighted by molar-refractivity contribution is 5.96. The number of carbonyl (C=O) groups excluding carboxylic acids is 2. The van der Waals surface area contributed by atoms with E-state index in [1.165, 1.54) is 19.3 Å². The monoisotopic (exact) mass is 303 g/mol. The highest BCUT2D eigenvalue weighted by atomic mass is 16.5. The van der Waals surface area contributed by atoms with E-state index in [2.05, 4.69) is 5.32 Å². The summed E-state index contributed by atoms with van der Waals surface area (Å²) in [6, 6.07) is 5.51. The first-order valence-corrected chi connectivity index (χ1v) is 8.07. The molecule has 0 unspecified atom stereocenters. The molecule has 0 atom stereocenters. The van der Waals surface area contributed by atoms with Crippen molar-refractivity contribution in [2.24, 2.45) is 5.92 Å². The molecule has 1 aliphatic carbocycles. The number of hydrogen-bond donors (Lipinski definition) is 1. The van der Waals surface area contributed by atoms with E-state index >= 15 is 0 Å². The molecule has 1 fully saturated rings. The smallest absolute Gasteiger partial charge is 0.325 e.